The minimum absolute atomic E-state index is 0.0871. The van der Waals surface area contributed by atoms with Crippen molar-refractivity contribution in [2.45, 2.75) is 6.92 Å². The molecule has 0 unspecified atom stereocenters. The molecule has 1 N–H and O–H groups in total. The molecule has 0 amide bonds. The number of rotatable bonds is 3. The molecule has 0 bridgehead atoms. The number of phenols is 1. The Kier molecular flexibility index (Phi) is 3.66. The van der Waals surface area contributed by atoms with Crippen molar-refractivity contribution < 1.29 is 14.3 Å². The molecule has 0 aliphatic carbocycles. The van der Waals surface area contributed by atoms with Crippen LogP contribution in [0.25, 0.3) is 0 Å². The first-order valence-electron chi connectivity index (χ1n) is 4.80. The lowest BCUT2D eigenvalue weighted by Gasteiger charge is -2.06. The fourth-order valence-electron chi connectivity index (χ4n) is 1.18. The Morgan fingerprint density at radius 1 is 1.44 bits per heavy atom. The minimum atomic E-state index is -0.523. The standard InChI is InChI=1S/C12H14FNO2/c1-8-10(13)5-4-9(12(8)16)11(15)6-7-14(2)3/h4-7,16H,1-3H3/b7-6+. The molecular weight excluding hydrogens is 209 g/mol. The number of benzene rings is 1. The van der Waals surface area contributed by atoms with Crippen molar-refractivity contribution in [3.05, 3.63) is 41.4 Å². The Balaban J connectivity index is 3.06. The van der Waals surface area contributed by atoms with Gasteiger partial charge in [0.25, 0.3) is 0 Å². The van der Waals surface area contributed by atoms with Crippen LogP contribution in [0.15, 0.2) is 24.4 Å². The second-order valence-electron chi connectivity index (χ2n) is 3.71. The Morgan fingerprint density at radius 2 is 2.06 bits per heavy atom. The lowest BCUT2D eigenvalue weighted by molar-refractivity contribution is 0.104. The molecule has 0 saturated carbocycles. The highest BCUT2D eigenvalue weighted by atomic mass is 19.1. The molecule has 16 heavy (non-hydrogen) atoms. The third-order valence-electron chi connectivity index (χ3n) is 2.15. The van der Waals surface area contributed by atoms with Gasteiger partial charge < -0.3 is 10.0 Å². The highest BCUT2D eigenvalue weighted by molar-refractivity contribution is 6.06. The summed E-state index contributed by atoms with van der Waals surface area (Å²) < 4.78 is 13.0. The fourth-order valence-corrected chi connectivity index (χ4v) is 1.18. The maximum absolute atomic E-state index is 13.0. The SMILES string of the molecule is Cc1c(F)ccc(C(=O)/C=C/N(C)C)c1O. The number of nitrogens with zero attached hydrogens (tertiary/aromatic N) is 1. The number of carbonyl (C=O) groups is 1. The van der Waals surface area contributed by atoms with Crippen LogP contribution in [0.4, 0.5) is 4.39 Å². The van der Waals surface area contributed by atoms with Crippen LogP contribution in [0.1, 0.15) is 15.9 Å². The van der Waals surface area contributed by atoms with Crippen molar-refractivity contribution in [3.8, 4) is 5.75 Å². The van der Waals surface area contributed by atoms with Crippen LogP contribution in [-0.2, 0) is 0 Å². The van der Waals surface area contributed by atoms with Gasteiger partial charge in [0.15, 0.2) is 5.78 Å². The Hall–Kier alpha value is -1.84. The molecule has 0 radical (unpaired) electrons. The highest BCUT2D eigenvalue weighted by Crippen LogP contribution is 2.24. The minimum Gasteiger partial charge on any atom is -0.507 e. The van der Waals surface area contributed by atoms with Crippen LogP contribution in [-0.4, -0.2) is 29.9 Å². The zero-order valence-electron chi connectivity index (χ0n) is 9.49. The molecule has 3 nitrogen and oxygen atoms in total. The Bertz CT molecular complexity index is 439. The average Bonchev–Trinajstić information content (AvgIpc) is 2.23. The van der Waals surface area contributed by atoms with Gasteiger partial charge in [-0.2, -0.15) is 0 Å². The first-order valence-corrected chi connectivity index (χ1v) is 4.80. The fraction of sp³-hybridized carbons (Fsp3) is 0.250. The van der Waals surface area contributed by atoms with Gasteiger partial charge in [-0.05, 0) is 19.1 Å². The number of aromatic hydroxyl groups is 1. The third kappa shape index (κ3) is 2.59. The van der Waals surface area contributed by atoms with E-state index >= 15 is 0 Å². The van der Waals surface area contributed by atoms with E-state index in [2.05, 4.69) is 0 Å². The predicted molar refractivity (Wildman–Crippen MR) is 60.0 cm³/mol. The molecule has 1 rings (SSSR count). The van der Waals surface area contributed by atoms with E-state index in [4.69, 9.17) is 0 Å². The monoisotopic (exact) mass is 223 g/mol. The van der Waals surface area contributed by atoms with E-state index in [0.717, 1.165) is 0 Å². The van der Waals surface area contributed by atoms with Crippen molar-refractivity contribution >= 4 is 5.78 Å². The summed E-state index contributed by atoms with van der Waals surface area (Å²) in [5.41, 5.74) is 0.195. The molecule has 86 valence electrons. The van der Waals surface area contributed by atoms with Crippen molar-refractivity contribution in [2.75, 3.05) is 14.1 Å². The smallest absolute Gasteiger partial charge is 0.191 e. The van der Waals surface area contributed by atoms with E-state index in [-0.39, 0.29) is 22.7 Å². The van der Waals surface area contributed by atoms with E-state index in [1.165, 1.54) is 25.1 Å². The van der Waals surface area contributed by atoms with E-state index in [9.17, 15) is 14.3 Å². The average molecular weight is 223 g/mol. The lowest BCUT2D eigenvalue weighted by Crippen LogP contribution is -2.04. The van der Waals surface area contributed by atoms with Gasteiger partial charge in [-0.3, -0.25) is 4.79 Å². The van der Waals surface area contributed by atoms with E-state index < -0.39 is 5.82 Å². The highest BCUT2D eigenvalue weighted by Gasteiger charge is 2.13. The van der Waals surface area contributed by atoms with Gasteiger partial charge in [-0.25, -0.2) is 4.39 Å². The number of phenolic OH excluding ortho intramolecular Hbond substituents is 1. The quantitative estimate of drug-likeness (QED) is 0.630. The summed E-state index contributed by atoms with van der Waals surface area (Å²) in [6, 6.07) is 2.45. The van der Waals surface area contributed by atoms with Gasteiger partial charge in [-0.15, -0.1) is 0 Å². The molecule has 0 atom stereocenters. The van der Waals surface area contributed by atoms with Gasteiger partial charge in [0.1, 0.15) is 11.6 Å². The molecule has 0 heterocycles. The topological polar surface area (TPSA) is 40.5 Å². The van der Waals surface area contributed by atoms with Crippen molar-refractivity contribution in [2.24, 2.45) is 0 Å². The predicted octanol–water partition coefficient (Wildman–Crippen LogP) is 2.10. The number of ketones is 1. The summed E-state index contributed by atoms with van der Waals surface area (Å²) in [4.78, 5) is 13.3. The molecule has 4 heteroatoms. The first kappa shape index (κ1) is 12.2. The first-order chi connectivity index (χ1) is 7.43. The van der Waals surface area contributed by atoms with Crippen molar-refractivity contribution in [3.63, 3.8) is 0 Å². The molecule has 1 aromatic rings. The van der Waals surface area contributed by atoms with E-state index in [1.54, 1.807) is 25.2 Å². The van der Waals surface area contributed by atoms with E-state index in [1.807, 2.05) is 0 Å². The summed E-state index contributed by atoms with van der Waals surface area (Å²) >= 11 is 0. The zero-order valence-corrected chi connectivity index (χ0v) is 9.49. The molecule has 0 spiro atoms. The third-order valence-corrected chi connectivity index (χ3v) is 2.15. The Labute approximate surface area is 93.8 Å². The molecule has 1 aromatic carbocycles. The molecular formula is C12H14FNO2. The molecule has 0 fully saturated rings. The molecule has 0 aliphatic rings. The van der Waals surface area contributed by atoms with Crippen LogP contribution < -0.4 is 0 Å². The molecule has 0 aromatic heterocycles. The second-order valence-corrected chi connectivity index (χ2v) is 3.71. The normalized spacial score (nSPS) is 10.8. The lowest BCUT2D eigenvalue weighted by atomic mass is 10.1. The summed E-state index contributed by atoms with van der Waals surface area (Å²) in [5, 5.41) is 9.61. The van der Waals surface area contributed by atoms with Crippen molar-refractivity contribution in [1.29, 1.82) is 0 Å². The van der Waals surface area contributed by atoms with Crippen LogP contribution in [0.2, 0.25) is 0 Å². The van der Waals surface area contributed by atoms with E-state index in [0.29, 0.717) is 0 Å². The van der Waals surface area contributed by atoms with Crippen LogP contribution in [0, 0.1) is 12.7 Å². The maximum atomic E-state index is 13.0. The number of hydrogen-bond acceptors (Lipinski definition) is 3. The van der Waals surface area contributed by atoms with Crippen molar-refractivity contribution in [1.82, 2.24) is 4.90 Å². The van der Waals surface area contributed by atoms with Crippen LogP contribution in [0.5, 0.6) is 5.75 Å². The maximum Gasteiger partial charge on any atom is 0.191 e. The number of halogens is 1. The summed E-state index contributed by atoms with van der Waals surface area (Å²) in [5.74, 6) is -1.17. The molecule has 0 aliphatic heterocycles. The Morgan fingerprint density at radius 3 is 2.62 bits per heavy atom. The largest absolute Gasteiger partial charge is 0.507 e. The van der Waals surface area contributed by atoms with Gasteiger partial charge in [0.05, 0.1) is 5.56 Å². The summed E-state index contributed by atoms with van der Waals surface area (Å²) in [6.07, 6.45) is 2.90. The van der Waals surface area contributed by atoms with Crippen LogP contribution >= 0.6 is 0 Å². The number of carbonyl (C=O) groups excluding carboxylic acids is 1. The van der Waals surface area contributed by atoms with Gasteiger partial charge in [0.2, 0.25) is 0 Å². The zero-order chi connectivity index (χ0) is 12.3. The summed E-state index contributed by atoms with van der Waals surface area (Å²) in [7, 11) is 3.55. The second kappa shape index (κ2) is 4.79. The molecule has 0 saturated heterocycles. The summed E-state index contributed by atoms with van der Waals surface area (Å²) in [6.45, 7) is 1.43. The number of hydrogen-bond donors (Lipinski definition) is 1. The number of allylic oxidation sites excluding steroid dienone is 1. The van der Waals surface area contributed by atoms with Gasteiger partial charge >= 0.3 is 0 Å². The van der Waals surface area contributed by atoms with Crippen LogP contribution in [0.3, 0.4) is 0 Å². The van der Waals surface area contributed by atoms with Gasteiger partial charge in [-0.1, -0.05) is 0 Å². The van der Waals surface area contributed by atoms with Gasteiger partial charge in [0, 0.05) is 31.9 Å².